The molecule has 0 saturated heterocycles. The monoisotopic (exact) mass is 362 g/mol. The van der Waals surface area contributed by atoms with E-state index >= 15 is 0 Å². The van der Waals surface area contributed by atoms with Gasteiger partial charge in [0.05, 0.1) is 0 Å². The van der Waals surface area contributed by atoms with Crippen LogP contribution in [0.5, 0.6) is 0 Å². The highest BCUT2D eigenvalue weighted by Crippen LogP contribution is 2.16. The molecule has 0 aromatic rings. The predicted octanol–water partition coefficient (Wildman–Crippen LogP) is 3.46. The van der Waals surface area contributed by atoms with E-state index in [1.807, 2.05) is 26.8 Å². The maximum Gasteiger partial charge on any atom is 0.574 e. The highest BCUT2D eigenvalue weighted by Gasteiger charge is 2.48. The molecule has 0 spiro atoms. The maximum atomic E-state index is 12.4. The normalized spacial score (nSPS) is 11.0. The molecule has 4 nitrogen and oxygen atoms in total. The lowest BCUT2D eigenvalue weighted by atomic mass is 10.1. The number of allylic oxidation sites excluding steroid dienone is 1. The summed E-state index contributed by atoms with van der Waals surface area (Å²) >= 11 is 0. The molecule has 0 fully saturated rings. The minimum atomic E-state index is -3.11. The molecule has 0 N–H and O–H groups in total. The Labute approximate surface area is 147 Å². The third-order valence-corrected chi connectivity index (χ3v) is 6.66. The highest BCUT2D eigenvalue weighted by atomic mass is 28.4. The van der Waals surface area contributed by atoms with Gasteiger partial charge in [0.25, 0.3) is 0 Å². The molecule has 0 aliphatic carbocycles. The van der Waals surface area contributed by atoms with E-state index in [1.54, 1.807) is 0 Å². The minimum Gasteiger partial charge on any atom is -0.369 e. The lowest BCUT2D eigenvalue weighted by Gasteiger charge is -2.26. The highest BCUT2D eigenvalue weighted by molar-refractivity contribution is 6.92. The number of rotatable bonds is 14. The van der Waals surface area contributed by atoms with Crippen LogP contribution in [0.2, 0.25) is 6.04 Å². The second-order valence-electron chi connectivity index (χ2n) is 5.14. The molecule has 23 heavy (non-hydrogen) atoms. The topological polar surface area (TPSA) is 44.8 Å². The summed E-state index contributed by atoms with van der Waals surface area (Å²) < 4.78 is 16.8. The van der Waals surface area contributed by atoms with E-state index in [1.165, 1.54) is 35.5 Å². The largest absolute Gasteiger partial charge is 0.574 e. The molecule has 6 heteroatoms. The van der Waals surface area contributed by atoms with Crippen LogP contribution >= 0.6 is 0 Å². The predicted molar refractivity (Wildman–Crippen MR) is 104 cm³/mol. The van der Waals surface area contributed by atoms with E-state index in [4.69, 9.17) is 13.3 Å². The molecule has 0 aromatic heterocycles. The minimum absolute atomic E-state index is 0.0366. The van der Waals surface area contributed by atoms with Crippen LogP contribution in [0.15, 0.2) is 12.7 Å². The Morgan fingerprint density at radius 2 is 1.39 bits per heavy atom. The average Bonchev–Trinajstić information content (AvgIpc) is 2.55. The third-order valence-electron chi connectivity index (χ3n) is 3.14. The van der Waals surface area contributed by atoms with Crippen molar-refractivity contribution in [3.8, 4) is 0 Å². The van der Waals surface area contributed by atoms with Crippen LogP contribution in [0.25, 0.3) is 0 Å². The Hall–Kier alpha value is -0.276. The number of hydrogen-bond acceptors (Lipinski definition) is 4. The van der Waals surface area contributed by atoms with Crippen LogP contribution in [-0.4, -0.2) is 44.3 Å². The van der Waals surface area contributed by atoms with Crippen LogP contribution in [0.3, 0.4) is 0 Å². The first-order valence-corrected chi connectivity index (χ1v) is 12.3. The smallest absolute Gasteiger partial charge is 0.369 e. The van der Waals surface area contributed by atoms with Gasteiger partial charge in [-0.2, -0.15) is 0 Å². The number of carbonyl (C=O) groups excluding carboxylic acids is 1. The molecule has 0 unspecified atom stereocenters. The molecule has 0 bridgehead atoms. The molecule has 0 rings (SSSR count). The summed E-state index contributed by atoms with van der Waals surface area (Å²) in [4.78, 5) is 12.4. The molecular weight excluding hydrogens is 324 g/mol. The van der Waals surface area contributed by atoms with Gasteiger partial charge in [0.1, 0.15) is 0 Å². The summed E-state index contributed by atoms with van der Waals surface area (Å²) in [6.07, 6.45) is 8.08. The number of hydrogen-bond donors (Lipinski definition) is 0. The van der Waals surface area contributed by atoms with Gasteiger partial charge in [-0.25, -0.2) is 0 Å². The van der Waals surface area contributed by atoms with Gasteiger partial charge >= 0.3 is 8.80 Å². The summed E-state index contributed by atoms with van der Waals surface area (Å²) in [6, 6.07) is 1.22. The molecule has 0 aliphatic rings. The van der Waals surface area contributed by atoms with Crippen molar-refractivity contribution < 1.29 is 18.1 Å². The van der Waals surface area contributed by atoms with E-state index in [9.17, 15) is 4.79 Å². The Kier molecular flexibility index (Phi) is 19.6. The van der Waals surface area contributed by atoms with Crippen LogP contribution in [0.4, 0.5) is 0 Å². The number of carbonyl (C=O) groups is 1. The average molecular weight is 363 g/mol. The van der Waals surface area contributed by atoms with E-state index in [2.05, 4.69) is 13.5 Å². The van der Waals surface area contributed by atoms with Gasteiger partial charge in [0.15, 0.2) is 0 Å². The summed E-state index contributed by atoms with van der Waals surface area (Å²) in [5, 5.41) is 0.0366. The van der Waals surface area contributed by atoms with Crippen molar-refractivity contribution in [2.24, 2.45) is 0 Å². The van der Waals surface area contributed by atoms with Gasteiger partial charge in [-0.15, -0.1) is 6.58 Å². The Morgan fingerprint density at radius 1 is 0.957 bits per heavy atom. The lowest BCUT2D eigenvalue weighted by molar-refractivity contribution is -0.119. The molecule has 0 heterocycles. The second-order valence-corrected chi connectivity index (χ2v) is 8.49. The fraction of sp³-hybridized carbons (Fsp3) is 0.824. The van der Waals surface area contributed by atoms with Gasteiger partial charge in [-0.05, 0) is 33.2 Å². The third kappa shape index (κ3) is 12.8. The Morgan fingerprint density at radius 3 is 1.74 bits per heavy atom. The second kappa shape index (κ2) is 18.1. The zero-order chi connectivity index (χ0) is 18.0. The molecular formula is C17H38O4Si2. The van der Waals surface area contributed by atoms with Gasteiger partial charge in [-0.3, -0.25) is 4.79 Å². The Bertz CT molecular complexity index is 269. The van der Waals surface area contributed by atoms with Crippen molar-refractivity contribution in [3.05, 3.63) is 12.7 Å². The van der Waals surface area contributed by atoms with Crippen molar-refractivity contribution in [3.63, 3.8) is 0 Å². The fourth-order valence-electron chi connectivity index (χ4n) is 1.98. The van der Waals surface area contributed by atoms with Crippen molar-refractivity contribution in [1.29, 1.82) is 0 Å². The fourth-order valence-corrected chi connectivity index (χ4v) is 4.33. The molecule has 138 valence electrons. The van der Waals surface area contributed by atoms with Crippen molar-refractivity contribution in [2.45, 2.75) is 72.3 Å². The summed E-state index contributed by atoms with van der Waals surface area (Å²) in [7, 11) is -1.83. The Balaban J connectivity index is 0. The number of unbranched alkanes of at least 4 members (excludes halogenated alkanes) is 4. The van der Waals surface area contributed by atoms with Crippen molar-refractivity contribution in [1.82, 2.24) is 0 Å². The first-order chi connectivity index (χ1) is 11.1. The van der Waals surface area contributed by atoms with E-state index in [-0.39, 0.29) is 5.41 Å². The molecule has 0 aliphatic heterocycles. The van der Waals surface area contributed by atoms with Crippen LogP contribution in [0.1, 0.15) is 66.2 Å². The zero-order valence-corrected chi connectivity index (χ0v) is 19.0. The van der Waals surface area contributed by atoms with Crippen LogP contribution in [-0.2, 0) is 18.1 Å². The van der Waals surface area contributed by atoms with Crippen LogP contribution in [0, 0.1) is 0 Å². The van der Waals surface area contributed by atoms with Crippen molar-refractivity contribution in [2.75, 3.05) is 19.8 Å². The quantitative estimate of drug-likeness (QED) is 0.270. The first kappa shape index (κ1) is 25.0. The molecule has 0 saturated carbocycles. The lowest BCUT2D eigenvalue weighted by Crippen LogP contribution is -2.54. The molecule has 0 radical (unpaired) electrons. The van der Waals surface area contributed by atoms with Crippen molar-refractivity contribution >= 4 is 24.5 Å². The van der Waals surface area contributed by atoms with Gasteiger partial charge in [0.2, 0.25) is 5.41 Å². The summed E-state index contributed by atoms with van der Waals surface area (Å²) in [5.41, 5.74) is 0. The molecule has 0 amide bonds. The van der Waals surface area contributed by atoms with Crippen LogP contribution < -0.4 is 0 Å². The van der Waals surface area contributed by atoms with Gasteiger partial charge < -0.3 is 13.3 Å². The SMILES string of the molecule is C=CC[SiH3].CCCCCCCC(=O)[Si](OCC)(OCC)OCC. The van der Waals surface area contributed by atoms with E-state index < -0.39 is 8.80 Å². The summed E-state index contributed by atoms with van der Waals surface area (Å²) in [6.45, 7) is 12.7. The zero-order valence-electron chi connectivity index (χ0n) is 16.0. The van der Waals surface area contributed by atoms with E-state index in [0.717, 1.165) is 12.8 Å². The van der Waals surface area contributed by atoms with E-state index in [0.29, 0.717) is 26.2 Å². The van der Waals surface area contributed by atoms with Gasteiger partial charge in [-0.1, -0.05) is 38.7 Å². The van der Waals surface area contributed by atoms with Gasteiger partial charge in [0, 0.05) is 36.5 Å². The molecule has 0 aromatic carbocycles. The first-order valence-electron chi connectivity index (χ1n) is 9.14. The standard InChI is InChI=1S/C14H30O4Si.C3H8Si/c1-5-9-10-11-12-13-14(15)19(16-6-2,17-7-3)18-8-4;1-2-3-4/h5-13H2,1-4H3;2H,1,3H2,4H3. The maximum absolute atomic E-state index is 12.4. The molecule has 0 atom stereocenters. The summed E-state index contributed by atoms with van der Waals surface area (Å²) in [5.74, 6) is 0.